The summed E-state index contributed by atoms with van der Waals surface area (Å²) in [6.07, 6.45) is 0.458. The van der Waals surface area contributed by atoms with Crippen molar-refractivity contribution in [1.29, 1.82) is 0 Å². The van der Waals surface area contributed by atoms with Gasteiger partial charge in [-0.15, -0.1) is 11.3 Å². The summed E-state index contributed by atoms with van der Waals surface area (Å²) >= 11 is 3.12. The van der Waals surface area contributed by atoms with E-state index in [4.69, 9.17) is 4.74 Å². The van der Waals surface area contributed by atoms with Crippen LogP contribution in [0.5, 0.6) is 0 Å². The lowest BCUT2D eigenvalue weighted by molar-refractivity contribution is -0.139. The molecule has 0 unspecified atom stereocenters. The van der Waals surface area contributed by atoms with Crippen LogP contribution in [-0.2, 0) is 14.3 Å². The Bertz CT molecular complexity index is 721. The van der Waals surface area contributed by atoms with Crippen LogP contribution in [0.4, 0.5) is 0 Å². The van der Waals surface area contributed by atoms with E-state index in [9.17, 15) is 9.59 Å². The molecule has 1 aromatic heterocycles. The second-order valence-corrected chi connectivity index (χ2v) is 7.36. The molecule has 5 nitrogen and oxygen atoms in total. The largest absolute Gasteiger partial charge is 0.463 e. The predicted octanol–water partition coefficient (Wildman–Crippen LogP) is 3.27. The lowest BCUT2D eigenvalue weighted by Crippen LogP contribution is -2.45. The molecule has 0 aliphatic carbocycles. The number of hydrogen-bond acceptors (Lipinski definition) is 6. The van der Waals surface area contributed by atoms with Crippen molar-refractivity contribution in [2.75, 3.05) is 12.4 Å². The van der Waals surface area contributed by atoms with Crippen LogP contribution in [0, 0.1) is 6.92 Å². The second-order valence-electron chi connectivity index (χ2n) is 5.35. The Hall–Kier alpha value is -1.60. The van der Waals surface area contributed by atoms with Crippen LogP contribution >= 0.6 is 23.1 Å². The number of amidine groups is 1. The van der Waals surface area contributed by atoms with Gasteiger partial charge in [0.1, 0.15) is 6.04 Å². The normalized spacial score (nSPS) is 21.2. The van der Waals surface area contributed by atoms with Crippen molar-refractivity contribution in [3.8, 4) is 0 Å². The van der Waals surface area contributed by atoms with E-state index in [0.29, 0.717) is 29.5 Å². The molecule has 1 fully saturated rings. The number of thioether (sulfide) groups is 1. The number of rotatable bonds is 3. The van der Waals surface area contributed by atoms with Crippen molar-refractivity contribution in [3.63, 3.8) is 0 Å². The SMILES string of the molecule is CCOC(=O)C1=C(C)N=C2SCCC(=O)N2[C@H]1c1sccc1C. The van der Waals surface area contributed by atoms with Gasteiger partial charge in [-0.2, -0.15) is 0 Å². The van der Waals surface area contributed by atoms with Crippen molar-refractivity contribution >= 4 is 40.1 Å². The molecule has 23 heavy (non-hydrogen) atoms. The molecule has 7 heteroatoms. The molecule has 1 saturated heterocycles. The van der Waals surface area contributed by atoms with Crippen LogP contribution in [0.15, 0.2) is 27.7 Å². The van der Waals surface area contributed by atoms with Gasteiger partial charge >= 0.3 is 5.97 Å². The first-order chi connectivity index (χ1) is 11.0. The van der Waals surface area contributed by atoms with E-state index in [2.05, 4.69) is 4.99 Å². The minimum absolute atomic E-state index is 0.00889. The lowest BCUT2D eigenvalue weighted by atomic mass is 9.98. The van der Waals surface area contributed by atoms with E-state index in [1.54, 1.807) is 34.9 Å². The van der Waals surface area contributed by atoms with Crippen molar-refractivity contribution < 1.29 is 14.3 Å². The summed E-state index contributed by atoms with van der Waals surface area (Å²) in [5, 5.41) is 2.67. The number of amides is 1. The van der Waals surface area contributed by atoms with E-state index < -0.39 is 12.0 Å². The minimum Gasteiger partial charge on any atom is -0.463 e. The second kappa shape index (κ2) is 6.49. The molecule has 0 bridgehead atoms. The van der Waals surface area contributed by atoms with E-state index in [1.165, 1.54) is 0 Å². The van der Waals surface area contributed by atoms with Crippen LogP contribution in [0.25, 0.3) is 0 Å². The maximum absolute atomic E-state index is 12.5. The molecule has 122 valence electrons. The topological polar surface area (TPSA) is 59.0 Å². The zero-order valence-electron chi connectivity index (χ0n) is 13.3. The fourth-order valence-corrected chi connectivity index (χ4v) is 4.81. The first kappa shape index (κ1) is 16.3. The molecule has 3 rings (SSSR count). The fraction of sp³-hybridized carbons (Fsp3) is 0.438. The number of aryl methyl sites for hydroxylation is 1. The quantitative estimate of drug-likeness (QED) is 0.785. The molecule has 1 atom stereocenters. The molecular weight excluding hydrogens is 332 g/mol. The highest BCUT2D eigenvalue weighted by Gasteiger charge is 2.42. The number of allylic oxidation sites excluding steroid dienone is 1. The first-order valence-electron chi connectivity index (χ1n) is 7.50. The van der Waals surface area contributed by atoms with Crippen LogP contribution in [0.1, 0.15) is 36.8 Å². The maximum atomic E-state index is 12.5. The summed E-state index contributed by atoms with van der Waals surface area (Å²) in [5.41, 5.74) is 2.17. The van der Waals surface area contributed by atoms with Gasteiger partial charge in [0.05, 0.1) is 17.9 Å². The number of ether oxygens (including phenoxy) is 1. The number of aliphatic imine (C=N–C) groups is 1. The minimum atomic E-state index is -0.429. The van der Waals surface area contributed by atoms with Gasteiger partial charge in [0.15, 0.2) is 5.17 Å². The van der Waals surface area contributed by atoms with Gasteiger partial charge in [-0.05, 0) is 37.8 Å². The van der Waals surface area contributed by atoms with E-state index in [0.717, 1.165) is 16.2 Å². The molecule has 0 spiro atoms. The lowest BCUT2D eigenvalue weighted by Gasteiger charge is -2.38. The number of fused-ring (bicyclic) bond motifs is 1. The molecule has 2 aliphatic heterocycles. The summed E-state index contributed by atoms with van der Waals surface area (Å²) < 4.78 is 5.23. The van der Waals surface area contributed by atoms with Crippen molar-refractivity contribution in [2.24, 2.45) is 4.99 Å². The number of carbonyl (C=O) groups is 2. The van der Waals surface area contributed by atoms with Gasteiger partial charge in [-0.1, -0.05) is 11.8 Å². The number of hydrogen-bond donors (Lipinski definition) is 0. The van der Waals surface area contributed by atoms with Gasteiger partial charge in [0.25, 0.3) is 0 Å². The Balaban J connectivity index is 2.16. The fourth-order valence-electron chi connectivity index (χ4n) is 2.78. The number of esters is 1. The molecule has 0 saturated carbocycles. The molecule has 1 aromatic rings. The van der Waals surface area contributed by atoms with Gasteiger partial charge in [-0.25, -0.2) is 9.79 Å². The number of carbonyl (C=O) groups excluding carboxylic acids is 2. The molecule has 1 amide bonds. The van der Waals surface area contributed by atoms with Crippen molar-refractivity contribution in [3.05, 3.63) is 33.2 Å². The molecule has 0 radical (unpaired) electrons. The van der Waals surface area contributed by atoms with Gasteiger partial charge in [0.2, 0.25) is 5.91 Å². The van der Waals surface area contributed by atoms with E-state index >= 15 is 0 Å². The summed E-state index contributed by atoms with van der Waals surface area (Å²) in [5.74, 6) is 0.343. The third kappa shape index (κ3) is 2.83. The number of nitrogens with zero attached hydrogens (tertiary/aromatic N) is 2. The zero-order chi connectivity index (χ0) is 16.6. The average Bonchev–Trinajstić information content (AvgIpc) is 2.92. The van der Waals surface area contributed by atoms with Gasteiger partial charge in [-0.3, -0.25) is 9.69 Å². The van der Waals surface area contributed by atoms with Crippen LogP contribution < -0.4 is 0 Å². The first-order valence-corrected chi connectivity index (χ1v) is 9.36. The van der Waals surface area contributed by atoms with Crippen LogP contribution in [-0.4, -0.2) is 34.3 Å². The summed E-state index contributed by atoms with van der Waals surface area (Å²) in [4.78, 5) is 32.2. The zero-order valence-corrected chi connectivity index (χ0v) is 14.9. The summed E-state index contributed by atoms with van der Waals surface area (Å²) in [7, 11) is 0. The Morgan fingerprint density at radius 2 is 2.26 bits per heavy atom. The molecule has 2 aliphatic rings. The third-order valence-corrected chi connectivity index (χ3v) is 5.88. The maximum Gasteiger partial charge on any atom is 0.338 e. The highest BCUT2D eigenvalue weighted by atomic mass is 32.2. The Kier molecular flexibility index (Phi) is 4.59. The highest BCUT2D eigenvalue weighted by molar-refractivity contribution is 8.14. The van der Waals surface area contributed by atoms with Gasteiger partial charge in [0, 0.05) is 17.1 Å². The Labute approximate surface area is 143 Å². The van der Waals surface area contributed by atoms with E-state index in [1.807, 2.05) is 25.3 Å². The summed E-state index contributed by atoms with van der Waals surface area (Å²) in [6.45, 7) is 5.88. The Morgan fingerprint density at radius 1 is 1.48 bits per heavy atom. The van der Waals surface area contributed by atoms with Crippen molar-refractivity contribution in [2.45, 2.75) is 33.2 Å². The van der Waals surface area contributed by atoms with E-state index in [-0.39, 0.29) is 5.91 Å². The smallest absolute Gasteiger partial charge is 0.338 e. The highest BCUT2D eigenvalue weighted by Crippen LogP contribution is 2.42. The third-order valence-electron chi connectivity index (χ3n) is 3.85. The monoisotopic (exact) mass is 350 g/mol. The molecular formula is C16H18N2O3S2. The van der Waals surface area contributed by atoms with Gasteiger partial charge < -0.3 is 4.74 Å². The Morgan fingerprint density at radius 3 is 2.91 bits per heavy atom. The van der Waals surface area contributed by atoms with Crippen LogP contribution in [0.2, 0.25) is 0 Å². The molecule has 3 heterocycles. The van der Waals surface area contributed by atoms with Crippen LogP contribution in [0.3, 0.4) is 0 Å². The molecule has 0 N–H and O–H groups in total. The van der Waals surface area contributed by atoms with Crippen molar-refractivity contribution in [1.82, 2.24) is 4.90 Å². The predicted molar refractivity (Wildman–Crippen MR) is 92.5 cm³/mol. The summed E-state index contributed by atoms with van der Waals surface area (Å²) in [6, 6.07) is 1.58. The molecule has 0 aromatic carbocycles. The average molecular weight is 350 g/mol. The standard InChI is InChI=1S/C16H18N2O3S2/c1-4-21-15(20)12-10(3)17-16-18(11(19)6-8-23-16)13(12)14-9(2)5-7-22-14/h5,7,13H,4,6,8H2,1-3H3/t13-/m1/s1. The number of thiophene rings is 1.